The maximum atomic E-state index is 10.9. The van der Waals surface area contributed by atoms with Crippen molar-refractivity contribution in [1.82, 2.24) is 10.2 Å². The van der Waals surface area contributed by atoms with Crippen molar-refractivity contribution in [3.8, 4) is 0 Å². The van der Waals surface area contributed by atoms with E-state index in [9.17, 15) is 9.18 Å². The Labute approximate surface area is 145 Å². The first-order valence-electron chi connectivity index (χ1n) is 7.67. The second-order valence-corrected chi connectivity index (χ2v) is 5.88. The number of likely N-dealkylation sites (tertiary alicyclic amines) is 1. The number of piperidine rings is 1. The van der Waals surface area contributed by atoms with E-state index < -0.39 is 0 Å². The summed E-state index contributed by atoms with van der Waals surface area (Å²) in [6.45, 7) is 15.4. The van der Waals surface area contributed by atoms with Crippen LogP contribution in [0.1, 0.15) is 33.6 Å². The number of thioether (sulfide) groups is 1. The normalized spacial score (nSPS) is 14.7. The van der Waals surface area contributed by atoms with E-state index in [1.165, 1.54) is 0 Å². The van der Waals surface area contributed by atoms with Gasteiger partial charge in [0.1, 0.15) is 0 Å². The molecule has 0 atom stereocenters. The van der Waals surface area contributed by atoms with Crippen LogP contribution in [0.5, 0.6) is 0 Å². The smallest absolute Gasteiger partial charge is 0.216 e. The number of allylic oxidation sites excluding steroid dienone is 2. The van der Waals surface area contributed by atoms with E-state index in [1.54, 1.807) is 24.8 Å². The average Bonchev–Trinajstić information content (AvgIpc) is 2.53. The fourth-order valence-corrected chi connectivity index (χ4v) is 2.71. The minimum atomic E-state index is 0.0612. The van der Waals surface area contributed by atoms with Crippen molar-refractivity contribution < 1.29 is 9.18 Å². The molecule has 0 aliphatic carbocycles. The summed E-state index contributed by atoms with van der Waals surface area (Å²) in [5, 5.41) is 3.95. The number of carbonyl (C=O) groups is 1. The molecule has 6 heteroatoms. The molecule has 0 aromatic carbocycles. The lowest BCUT2D eigenvalue weighted by atomic mass is 9.97. The maximum Gasteiger partial charge on any atom is 0.216 e. The number of hydrogen-bond acceptors (Lipinski definition) is 3. The summed E-state index contributed by atoms with van der Waals surface area (Å²) in [4.78, 5) is 17.6. The third kappa shape index (κ3) is 12.9. The van der Waals surface area contributed by atoms with Crippen molar-refractivity contribution >= 4 is 22.8 Å². The lowest BCUT2D eigenvalue weighted by molar-refractivity contribution is -0.119. The first kappa shape index (κ1) is 24.0. The number of hydrogen-bond donors (Lipinski definition) is 1. The van der Waals surface area contributed by atoms with Gasteiger partial charge in [-0.2, -0.15) is 0 Å². The quantitative estimate of drug-likeness (QED) is 0.480. The van der Waals surface area contributed by atoms with Gasteiger partial charge in [0.25, 0.3) is 0 Å². The van der Waals surface area contributed by atoms with Gasteiger partial charge in [-0.05, 0) is 38.9 Å². The number of halogens is 1. The first-order valence-corrected chi connectivity index (χ1v) is 8.89. The molecule has 1 aliphatic rings. The summed E-state index contributed by atoms with van der Waals surface area (Å²) in [6.07, 6.45) is 6.01. The minimum Gasteiger partial charge on any atom is -0.356 e. The summed E-state index contributed by atoms with van der Waals surface area (Å²) < 4.78 is 9.50. The highest BCUT2D eigenvalue weighted by Crippen LogP contribution is 2.20. The molecule has 1 saturated heterocycles. The summed E-state index contributed by atoms with van der Waals surface area (Å²) in [7, 11) is 0.500. The van der Waals surface area contributed by atoms with Crippen LogP contribution in [-0.4, -0.2) is 49.0 Å². The molecule has 0 spiro atoms. The highest BCUT2D eigenvalue weighted by molar-refractivity contribution is 8.13. The third-order valence-corrected chi connectivity index (χ3v) is 3.71. The molecule has 1 heterocycles. The molecule has 0 radical (unpaired) electrons. The fraction of sp³-hybridized carbons (Fsp3) is 0.647. The number of carbonyl (C=O) groups excluding carboxylic acids is 1. The molecule has 0 bridgehead atoms. The van der Waals surface area contributed by atoms with E-state index in [2.05, 4.69) is 28.4 Å². The molecule has 1 amide bonds. The number of aliphatic imine (C=N–C) groups is 1. The molecule has 0 aromatic rings. The van der Waals surface area contributed by atoms with Crippen molar-refractivity contribution in [1.29, 1.82) is 0 Å². The summed E-state index contributed by atoms with van der Waals surface area (Å²) >= 11 is 1.67. The zero-order chi connectivity index (χ0) is 18.3. The molecular formula is C17H32FN3OS. The summed E-state index contributed by atoms with van der Waals surface area (Å²) in [6, 6.07) is 0. The largest absolute Gasteiger partial charge is 0.356 e. The molecule has 0 unspecified atom stereocenters. The molecule has 23 heavy (non-hydrogen) atoms. The molecule has 0 saturated carbocycles. The van der Waals surface area contributed by atoms with Crippen LogP contribution in [-0.2, 0) is 4.79 Å². The Hall–Kier alpha value is -1.30. The Morgan fingerprint density at radius 2 is 1.87 bits per heavy atom. The zero-order valence-electron chi connectivity index (χ0n) is 15.2. The lowest BCUT2D eigenvalue weighted by Gasteiger charge is -2.33. The summed E-state index contributed by atoms with van der Waals surface area (Å²) in [5.74, 6) is 0.657. The van der Waals surface area contributed by atoms with Crippen LogP contribution < -0.4 is 5.32 Å². The Bertz CT molecular complexity index is 378. The van der Waals surface area contributed by atoms with Gasteiger partial charge in [0, 0.05) is 32.3 Å². The van der Waals surface area contributed by atoms with Crippen LogP contribution in [0.25, 0.3) is 0 Å². The van der Waals surface area contributed by atoms with E-state index in [0.29, 0.717) is 13.1 Å². The number of nitrogens with one attached hydrogen (secondary N) is 1. The third-order valence-electron chi connectivity index (χ3n) is 2.99. The van der Waals surface area contributed by atoms with Crippen molar-refractivity contribution in [2.24, 2.45) is 10.9 Å². The van der Waals surface area contributed by atoms with Crippen molar-refractivity contribution in [2.75, 3.05) is 33.1 Å². The van der Waals surface area contributed by atoms with E-state index in [1.807, 2.05) is 20.1 Å². The first-order chi connectivity index (χ1) is 10.9. The Morgan fingerprint density at radius 3 is 2.22 bits per heavy atom. The van der Waals surface area contributed by atoms with Crippen molar-refractivity contribution in [3.05, 3.63) is 24.9 Å². The standard InChI is InChI=1S/C13H23N3OS.C3H6.CH3F/c1-10(2)15-13(18-4)16-7-5-12(6-8-16)9-14-11(3)17;1-3-2;1-2/h12H,1,5-9H2,2-4H3,(H,14,17);3H,1H2,2H3;1H3. The number of alkyl halides is 1. The number of rotatable bonds is 3. The summed E-state index contributed by atoms with van der Waals surface area (Å²) in [5.41, 5.74) is 0.847. The number of amides is 1. The van der Waals surface area contributed by atoms with Crippen LogP contribution in [0.15, 0.2) is 29.9 Å². The molecule has 1 rings (SSSR count). The molecule has 0 aromatic heterocycles. The van der Waals surface area contributed by atoms with Gasteiger partial charge in [0.15, 0.2) is 5.17 Å². The molecule has 1 fully saturated rings. The number of amidine groups is 1. The van der Waals surface area contributed by atoms with Crippen molar-refractivity contribution in [2.45, 2.75) is 33.6 Å². The predicted molar refractivity (Wildman–Crippen MR) is 102 cm³/mol. The van der Waals surface area contributed by atoms with Gasteiger partial charge in [-0.1, -0.05) is 24.4 Å². The SMILES string of the molecule is C=C(C)N=C(SC)N1CCC(CNC(C)=O)CC1.C=CC.CF. The fourth-order valence-electron chi connectivity index (χ4n) is 2.03. The van der Waals surface area contributed by atoms with Gasteiger partial charge in [0.2, 0.25) is 5.91 Å². The minimum absolute atomic E-state index is 0.0612. The Balaban J connectivity index is 0. The predicted octanol–water partition coefficient (Wildman–Crippen LogP) is 3.87. The monoisotopic (exact) mass is 345 g/mol. The molecule has 134 valence electrons. The second kappa shape index (κ2) is 15.6. The molecular weight excluding hydrogens is 313 g/mol. The van der Waals surface area contributed by atoms with Gasteiger partial charge < -0.3 is 10.2 Å². The molecule has 1 aliphatic heterocycles. The Kier molecular flexibility index (Phi) is 16.2. The van der Waals surface area contributed by atoms with Gasteiger partial charge in [-0.15, -0.1) is 6.58 Å². The van der Waals surface area contributed by atoms with Crippen LogP contribution in [0.4, 0.5) is 4.39 Å². The highest BCUT2D eigenvalue weighted by atomic mass is 32.2. The van der Waals surface area contributed by atoms with Crippen LogP contribution in [0.3, 0.4) is 0 Å². The topological polar surface area (TPSA) is 44.7 Å². The van der Waals surface area contributed by atoms with Crippen LogP contribution >= 0.6 is 11.8 Å². The van der Waals surface area contributed by atoms with E-state index >= 15 is 0 Å². The van der Waals surface area contributed by atoms with E-state index in [0.717, 1.165) is 43.3 Å². The van der Waals surface area contributed by atoms with Crippen LogP contribution in [0.2, 0.25) is 0 Å². The van der Waals surface area contributed by atoms with Gasteiger partial charge in [0.05, 0.1) is 7.18 Å². The molecule has 4 nitrogen and oxygen atoms in total. The zero-order valence-corrected chi connectivity index (χ0v) is 16.0. The van der Waals surface area contributed by atoms with Gasteiger partial charge >= 0.3 is 0 Å². The maximum absolute atomic E-state index is 10.9. The Morgan fingerprint density at radius 1 is 1.39 bits per heavy atom. The van der Waals surface area contributed by atoms with E-state index in [-0.39, 0.29) is 5.91 Å². The van der Waals surface area contributed by atoms with Crippen molar-refractivity contribution in [3.63, 3.8) is 0 Å². The average molecular weight is 346 g/mol. The lowest BCUT2D eigenvalue weighted by Crippen LogP contribution is -2.40. The number of nitrogens with zero attached hydrogens (tertiary/aromatic N) is 2. The highest BCUT2D eigenvalue weighted by Gasteiger charge is 2.21. The van der Waals surface area contributed by atoms with Gasteiger partial charge in [-0.3, -0.25) is 9.18 Å². The molecule has 1 N–H and O–H groups in total. The van der Waals surface area contributed by atoms with Crippen LogP contribution in [0, 0.1) is 5.92 Å². The second-order valence-electron chi connectivity index (χ2n) is 5.11. The van der Waals surface area contributed by atoms with Gasteiger partial charge in [-0.25, -0.2) is 4.99 Å². The van der Waals surface area contributed by atoms with E-state index in [4.69, 9.17) is 0 Å².